The highest BCUT2D eigenvalue weighted by Gasteiger charge is 2.46. The molecule has 0 saturated carbocycles. The minimum absolute atomic E-state index is 0.0350. The number of carbonyl (C=O) groups is 2. The summed E-state index contributed by atoms with van der Waals surface area (Å²) in [5.74, 6) is -0.768. The third-order valence-electron chi connectivity index (χ3n) is 7.12. The van der Waals surface area contributed by atoms with Crippen LogP contribution in [0.15, 0.2) is 78.4 Å². The van der Waals surface area contributed by atoms with Gasteiger partial charge in [-0.2, -0.15) is 0 Å². The number of ketones is 1. The second-order valence-corrected chi connectivity index (χ2v) is 11.4. The van der Waals surface area contributed by atoms with Crippen molar-refractivity contribution in [1.82, 2.24) is 9.80 Å². The van der Waals surface area contributed by atoms with Crippen LogP contribution in [0.1, 0.15) is 54.6 Å². The van der Waals surface area contributed by atoms with E-state index in [1.807, 2.05) is 86.6 Å². The predicted octanol–water partition coefficient (Wildman–Crippen LogP) is 5.85. The van der Waals surface area contributed by atoms with Crippen molar-refractivity contribution in [2.45, 2.75) is 45.8 Å². The zero-order valence-electron chi connectivity index (χ0n) is 23.7. The summed E-state index contributed by atoms with van der Waals surface area (Å²) in [5.41, 5.74) is 4.33. The van der Waals surface area contributed by atoms with Gasteiger partial charge in [-0.25, -0.2) is 0 Å². The van der Waals surface area contributed by atoms with E-state index >= 15 is 0 Å². The van der Waals surface area contributed by atoms with Gasteiger partial charge in [0.2, 0.25) is 0 Å². The van der Waals surface area contributed by atoms with Gasteiger partial charge in [0.25, 0.3) is 11.7 Å². The number of ether oxygens (including phenoxy) is 1. The summed E-state index contributed by atoms with van der Waals surface area (Å²) >= 11 is 0. The first-order valence-electron chi connectivity index (χ1n) is 13.3. The lowest BCUT2D eigenvalue weighted by Crippen LogP contribution is -2.35. The number of aliphatic hydroxyl groups excluding tert-OH is 1. The fourth-order valence-corrected chi connectivity index (χ4v) is 4.81. The van der Waals surface area contributed by atoms with Crippen LogP contribution in [0, 0.1) is 6.92 Å². The first-order valence-corrected chi connectivity index (χ1v) is 13.3. The lowest BCUT2D eigenvalue weighted by molar-refractivity contribution is -0.140. The SMILES string of the molecule is Cc1cc(OCc2ccccc2)ccc1/C(O)=C1\C(=O)C(=O)N(CCN(C)C)[C@H]1c1ccc(C(C)(C)C)cc1. The van der Waals surface area contributed by atoms with E-state index in [1.165, 1.54) is 0 Å². The number of carbonyl (C=O) groups excluding carboxylic acids is 2. The van der Waals surface area contributed by atoms with E-state index in [2.05, 4.69) is 20.8 Å². The molecule has 1 atom stereocenters. The highest BCUT2D eigenvalue weighted by atomic mass is 16.5. The zero-order chi connectivity index (χ0) is 28.3. The van der Waals surface area contributed by atoms with Gasteiger partial charge in [0.05, 0.1) is 11.6 Å². The minimum Gasteiger partial charge on any atom is -0.507 e. The number of hydrogen-bond donors (Lipinski definition) is 1. The number of benzene rings is 3. The smallest absolute Gasteiger partial charge is 0.295 e. The molecule has 0 radical (unpaired) electrons. The molecule has 4 rings (SSSR count). The van der Waals surface area contributed by atoms with Gasteiger partial charge in [0.15, 0.2) is 0 Å². The molecule has 1 saturated heterocycles. The Morgan fingerprint density at radius 2 is 1.64 bits per heavy atom. The molecule has 0 aliphatic carbocycles. The Morgan fingerprint density at radius 3 is 2.23 bits per heavy atom. The Balaban J connectivity index is 1.72. The van der Waals surface area contributed by atoms with E-state index in [1.54, 1.807) is 17.0 Å². The normalized spacial score (nSPS) is 17.2. The Hall–Kier alpha value is -3.90. The Morgan fingerprint density at radius 1 is 0.974 bits per heavy atom. The number of hydrogen-bond acceptors (Lipinski definition) is 5. The molecule has 6 nitrogen and oxygen atoms in total. The van der Waals surface area contributed by atoms with E-state index in [0.29, 0.717) is 31.0 Å². The maximum Gasteiger partial charge on any atom is 0.295 e. The average Bonchev–Trinajstić information content (AvgIpc) is 3.15. The van der Waals surface area contributed by atoms with Crippen LogP contribution in [-0.2, 0) is 21.6 Å². The maximum absolute atomic E-state index is 13.4. The molecule has 6 heteroatoms. The highest BCUT2D eigenvalue weighted by molar-refractivity contribution is 6.46. The number of aryl methyl sites for hydroxylation is 1. The average molecular weight is 527 g/mol. The molecule has 1 aliphatic rings. The van der Waals surface area contributed by atoms with Crippen LogP contribution < -0.4 is 4.74 Å². The Bertz CT molecular complexity index is 1370. The van der Waals surface area contributed by atoms with Gasteiger partial charge in [-0.3, -0.25) is 9.59 Å². The molecule has 3 aromatic rings. The van der Waals surface area contributed by atoms with Gasteiger partial charge in [-0.05, 0) is 66.9 Å². The van der Waals surface area contributed by atoms with E-state index in [-0.39, 0.29) is 16.7 Å². The van der Waals surface area contributed by atoms with Crippen LogP contribution in [0.2, 0.25) is 0 Å². The number of likely N-dealkylation sites (tertiary alicyclic amines) is 1. The molecule has 0 spiro atoms. The van der Waals surface area contributed by atoms with Crippen LogP contribution in [0.25, 0.3) is 5.76 Å². The largest absolute Gasteiger partial charge is 0.507 e. The van der Waals surface area contributed by atoms with Gasteiger partial charge in [0.1, 0.15) is 18.1 Å². The Kier molecular flexibility index (Phi) is 8.26. The van der Waals surface area contributed by atoms with Crippen molar-refractivity contribution in [3.8, 4) is 5.75 Å². The molecule has 39 heavy (non-hydrogen) atoms. The third-order valence-corrected chi connectivity index (χ3v) is 7.12. The van der Waals surface area contributed by atoms with E-state index < -0.39 is 17.7 Å². The summed E-state index contributed by atoms with van der Waals surface area (Å²) in [6, 6.07) is 22.6. The van der Waals surface area contributed by atoms with E-state index in [9.17, 15) is 14.7 Å². The standard InChI is InChI=1S/C33H38N2O4/c1-22-20-26(39-21-23-10-8-7-9-11-23)16-17-27(22)30(36)28-29(24-12-14-25(15-13-24)33(2,3)4)35(19-18-34(5)6)32(38)31(28)37/h7-17,20,29,36H,18-19,21H2,1-6H3/b30-28+/t29-/m0/s1. The van der Waals surface area contributed by atoms with Crippen LogP contribution >= 0.6 is 0 Å². The summed E-state index contributed by atoms with van der Waals surface area (Å²) in [4.78, 5) is 30.1. The summed E-state index contributed by atoms with van der Waals surface area (Å²) in [7, 11) is 3.85. The Labute approximate surface area is 231 Å². The number of nitrogens with zero attached hydrogens (tertiary/aromatic N) is 2. The molecule has 0 aromatic heterocycles. The lowest BCUT2D eigenvalue weighted by atomic mass is 9.85. The second-order valence-electron chi connectivity index (χ2n) is 11.4. The van der Waals surface area contributed by atoms with Gasteiger partial charge in [-0.15, -0.1) is 0 Å². The summed E-state index contributed by atoms with van der Waals surface area (Å²) < 4.78 is 5.94. The maximum atomic E-state index is 13.4. The predicted molar refractivity (Wildman–Crippen MR) is 155 cm³/mol. The van der Waals surface area contributed by atoms with Crippen molar-refractivity contribution >= 4 is 17.4 Å². The zero-order valence-corrected chi connectivity index (χ0v) is 23.7. The van der Waals surface area contributed by atoms with Crippen molar-refractivity contribution in [1.29, 1.82) is 0 Å². The molecular weight excluding hydrogens is 488 g/mol. The number of amides is 1. The van der Waals surface area contributed by atoms with Gasteiger partial charge < -0.3 is 19.6 Å². The van der Waals surface area contributed by atoms with Crippen molar-refractivity contribution in [2.24, 2.45) is 0 Å². The van der Waals surface area contributed by atoms with E-state index in [0.717, 1.165) is 22.3 Å². The molecule has 1 N–H and O–H groups in total. The third kappa shape index (κ3) is 6.23. The summed E-state index contributed by atoms with van der Waals surface area (Å²) in [6.07, 6.45) is 0. The van der Waals surface area contributed by atoms with Crippen LogP contribution in [0.3, 0.4) is 0 Å². The molecule has 1 aliphatic heterocycles. The quantitative estimate of drug-likeness (QED) is 0.226. The van der Waals surface area contributed by atoms with Crippen LogP contribution in [0.5, 0.6) is 5.75 Å². The lowest BCUT2D eigenvalue weighted by Gasteiger charge is -2.27. The molecule has 3 aromatic carbocycles. The number of aliphatic hydroxyl groups is 1. The van der Waals surface area contributed by atoms with Crippen LogP contribution in [-0.4, -0.2) is 53.8 Å². The van der Waals surface area contributed by atoms with E-state index in [4.69, 9.17) is 4.74 Å². The van der Waals surface area contributed by atoms with Gasteiger partial charge in [-0.1, -0.05) is 75.4 Å². The van der Waals surface area contributed by atoms with Gasteiger partial charge >= 0.3 is 0 Å². The molecule has 1 heterocycles. The monoisotopic (exact) mass is 526 g/mol. The molecule has 1 amide bonds. The first kappa shape index (κ1) is 28.1. The topological polar surface area (TPSA) is 70.1 Å². The summed E-state index contributed by atoms with van der Waals surface area (Å²) in [5, 5.41) is 11.5. The van der Waals surface area contributed by atoms with Crippen molar-refractivity contribution < 1.29 is 19.4 Å². The van der Waals surface area contributed by atoms with Gasteiger partial charge in [0, 0.05) is 18.7 Å². The summed E-state index contributed by atoms with van der Waals surface area (Å²) in [6.45, 7) is 9.66. The second kappa shape index (κ2) is 11.5. The van der Waals surface area contributed by atoms with Crippen molar-refractivity contribution in [3.05, 3.63) is 106 Å². The molecule has 0 unspecified atom stereocenters. The molecule has 204 valence electrons. The van der Waals surface area contributed by atoms with Crippen molar-refractivity contribution in [3.63, 3.8) is 0 Å². The van der Waals surface area contributed by atoms with Crippen molar-refractivity contribution in [2.75, 3.05) is 27.2 Å². The molecular formula is C33H38N2O4. The molecule has 0 bridgehead atoms. The van der Waals surface area contributed by atoms with Crippen LogP contribution in [0.4, 0.5) is 0 Å². The fraction of sp³-hybridized carbons (Fsp3) is 0.333. The number of rotatable bonds is 8. The first-order chi connectivity index (χ1) is 18.5. The fourth-order valence-electron chi connectivity index (χ4n) is 4.81. The number of likely N-dealkylation sites (N-methyl/N-ethyl adjacent to an activating group) is 1. The number of Topliss-reactive ketones (excluding diaryl/α,β-unsaturated/α-hetero) is 1. The highest BCUT2D eigenvalue weighted by Crippen LogP contribution is 2.40. The molecule has 1 fully saturated rings. The minimum atomic E-state index is -0.674.